The first-order valence-electron chi connectivity index (χ1n) is 13.7. The quantitative estimate of drug-likeness (QED) is 0.0920. The molecule has 13 nitrogen and oxygen atoms in total. The van der Waals surface area contributed by atoms with Gasteiger partial charge in [-0.2, -0.15) is 5.48 Å². The zero-order chi connectivity index (χ0) is 29.8. The topological polar surface area (TPSA) is 185 Å². The molecule has 3 heterocycles. The van der Waals surface area contributed by atoms with Crippen LogP contribution in [0.1, 0.15) is 23.6 Å². The summed E-state index contributed by atoms with van der Waals surface area (Å²) in [6.45, 7) is 0.193. The van der Waals surface area contributed by atoms with Crippen LogP contribution in [0.25, 0.3) is 22.1 Å². The molecule has 0 fully saturated rings. The second kappa shape index (κ2) is 12.5. The first-order chi connectivity index (χ1) is 20.9. The van der Waals surface area contributed by atoms with Crippen molar-refractivity contribution in [2.24, 2.45) is 11.4 Å². The third kappa shape index (κ3) is 6.66. The van der Waals surface area contributed by atoms with Crippen molar-refractivity contribution in [3.63, 3.8) is 0 Å². The summed E-state index contributed by atoms with van der Waals surface area (Å²) in [5.74, 6) is -0.683. The number of hydroxylamine groups is 1. The number of nitrogens with zero attached hydrogens (tertiary/aromatic N) is 4. The first-order valence-corrected chi connectivity index (χ1v) is 15.3. The molecule has 0 radical (unpaired) electrons. The molecule has 0 saturated carbocycles. The third-order valence-electron chi connectivity index (χ3n) is 7.27. The summed E-state index contributed by atoms with van der Waals surface area (Å²) in [7, 11) is -4.25. The number of carbonyl (C=O) groups is 1. The zero-order valence-electron chi connectivity index (χ0n) is 23.1. The molecule has 1 unspecified atom stereocenters. The average Bonchev–Trinajstić information content (AvgIpc) is 3.75. The van der Waals surface area contributed by atoms with E-state index in [1.54, 1.807) is 6.33 Å². The Hall–Kier alpha value is -4.39. The normalized spacial score (nSPS) is 18.6. The molecule has 0 aliphatic heterocycles. The predicted octanol–water partition coefficient (Wildman–Crippen LogP) is 3.97. The number of nitrogens with two attached hydrogens (primary N) is 2. The van der Waals surface area contributed by atoms with Crippen molar-refractivity contribution < 1.29 is 23.2 Å². The molecule has 14 heteroatoms. The molecule has 43 heavy (non-hydrogen) atoms. The summed E-state index contributed by atoms with van der Waals surface area (Å²) in [6.07, 6.45) is 9.58. The number of nitrogen functional groups attached to an aromatic ring is 1. The molecule has 1 aliphatic rings. The number of fused-ring (bicyclic) bond motifs is 2. The molecule has 0 amide bonds. The minimum Gasteiger partial charge on any atom is -0.382 e. The predicted molar refractivity (Wildman–Crippen MR) is 160 cm³/mol. The van der Waals surface area contributed by atoms with Crippen LogP contribution in [0.15, 0.2) is 85.6 Å². The first kappa shape index (κ1) is 28.7. The van der Waals surface area contributed by atoms with Crippen molar-refractivity contribution in [1.82, 2.24) is 30.0 Å². The summed E-state index contributed by atoms with van der Waals surface area (Å²) in [5.41, 5.74) is 18.4. The fourth-order valence-corrected chi connectivity index (χ4v) is 5.93. The Bertz CT molecular complexity index is 1810. The maximum atomic E-state index is 13.3. The van der Waals surface area contributed by atoms with Gasteiger partial charge in [0, 0.05) is 29.4 Å². The molecule has 1 aliphatic carbocycles. The molecule has 4 atom stereocenters. The van der Waals surface area contributed by atoms with E-state index in [-0.39, 0.29) is 31.6 Å². The number of imidazole rings is 1. The lowest BCUT2D eigenvalue weighted by Crippen LogP contribution is -2.40. The Morgan fingerprint density at radius 2 is 1.93 bits per heavy atom. The Labute approximate surface area is 246 Å². The highest BCUT2D eigenvalue weighted by Crippen LogP contribution is 2.42. The molecule has 3 aromatic heterocycles. The number of hydrogen-bond acceptors (Lipinski definition) is 10. The number of allylic oxidation sites excluding steroid dienone is 1. The zero-order valence-corrected chi connectivity index (χ0v) is 24.0. The Balaban J connectivity index is 1.08. The molecule has 0 saturated heterocycles. The van der Waals surface area contributed by atoms with Crippen LogP contribution in [0.3, 0.4) is 0 Å². The second-order valence-electron chi connectivity index (χ2n) is 10.3. The Kier molecular flexibility index (Phi) is 8.32. The highest BCUT2D eigenvalue weighted by atomic mass is 31.2. The molecule has 6 rings (SSSR count). The van der Waals surface area contributed by atoms with E-state index >= 15 is 0 Å². The van der Waals surface area contributed by atoms with Crippen LogP contribution in [-0.2, 0) is 36.3 Å². The van der Waals surface area contributed by atoms with Crippen molar-refractivity contribution >= 4 is 41.6 Å². The van der Waals surface area contributed by atoms with Crippen molar-refractivity contribution in [2.75, 3.05) is 12.3 Å². The summed E-state index contributed by atoms with van der Waals surface area (Å²) >= 11 is 0. The number of rotatable bonds is 12. The molecule has 5 aromatic rings. The number of anilines is 1. The third-order valence-corrected chi connectivity index (χ3v) is 8.21. The van der Waals surface area contributed by atoms with Gasteiger partial charge in [0.1, 0.15) is 17.9 Å². The van der Waals surface area contributed by atoms with E-state index in [4.69, 9.17) is 25.1 Å². The van der Waals surface area contributed by atoms with Crippen LogP contribution in [0.5, 0.6) is 0 Å². The molecular weight excluding hydrogens is 571 g/mol. The summed E-state index contributed by atoms with van der Waals surface area (Å²) < 4.78 is 25.7. The van der Waals surface area contributed by atoms with Gasteiger partial charge in [-0.1, -0.05) is 60.7 Å². The fraction of sp³-hybridized carbons (Fsp3) is 0.241. The van der Waals surface area contributed by atoms with Gasteiger partial charge in [-0.3, -0.25) is 9.36 Å². The van der Waals surface area contributed by atoms with Gasteiger partial charge in [-0.25, -0.2) is 29.8 Å². The van der Waals surface area contributed by atoms with Crippen molar-refractivity contribution in [3.8, 4) is 0 Å². The van der Waals surface area contributed by atoms with Crippen LogP contribution >= 0.6 is 7.75 Å². The molecule has 2 aromatic carbocycles. The van der Waals surface area contributed by atoms with E-state index < -0.39 is 19.8 Å². The van der Waals surface area contributed by atoms with Crippen LogP contribution in [0.4, 0.5) is 5.82 Å². The van der Waals surface area contributed by atoms with Gasteiger partial charge in [-0.05, 0) is 23.6 Å². The number of hydrogen-bond donors (Lipinski definition) is 4. The lowest BCUT2D eigenvalue weighted by Gasteiger charge is -2.21. The van der Waals surface area contributed by atoms with Crippen molar-refractivity contribution in [2.45, 2.75) is 31.5 Å². The van der Waals surface area contributed by atoms with Gasteiger partial charge in [0.25, 0.3) is 0 Å². The number of para-hydroxylation sites is 1. The van der Waals surface area contributed by atoms with Gasteiger partial charge in [0.2, 0.25) is 0 Å². The van der Waals surface area contributed by atoms with E-state index in [1.807, 2.05) is 77.5 Å². The average molecular weight is 603 g/mol. The van der Waals surface area contributed by atoms with Gasteiger partial charge < -0.3 is 19.8 Å². The standard InChI is InChI=1S/C29H31N8O5P/c30-27-26-28(34-17-33-27)37(18-35-26)22-11-10-20(12-22)16-41-43(31,39)42-29(38)25(36-40-15-19-6-2-1-3-7-19)13-21-14-32-24-9-5-4-8-23(21)24/h1-11,14,17-18,20,22,25,32,36H,12-13,15-16H2,(H2,31,39)(H2,30,33,34)/t20-,22+,25+,43?/m0/s1. The van der Waals surface area contributed by atoms with Crippen molar-refractivity contribution in [3.05, 3.63) is 96.7 Å². The number of benzene rings is 2. The number of nitrogens with one attached hydrogen (secondary N) is 2. The number of H-pyrrole nitrogens is 1. The molecular formula is C29H31N8O5P. The van der Waals surface area contributed by atoms with Crippen LogP contribution < -0.4 is 16.7 Å². The van der Waals surface area contributed by atoms with Gasteiger partial charge in [0.05, 0.1) is 25.6 Å². The highest BCUT2D eigenvalue weighted by molar-refractivity contribution is 7.51. The van der Waals surface area contributed by atoms with Gasteiger partial charge in [0.15, 0.2) is 11.5 Å². The lowest BCUT2D eigenvalue weighted by atomic mass is 10.1. The maximum Gasteiger partial charge on any atom is 0.458 e. The fourth-order valence-electron chi connectivity index (χ4n) is 5.10. The number of aromatic nitrogens is 5. The number of aromatic amines is 1. The Morgan fingerprint density at radius 1 is 1.12 bits per heavy atom. The van der Waals surface area contributed by atoms with Crippen molar-refractivity contribution in [1.29, 1.82) is 0 Å². The van der Waals surface area contributed by atoms with E-state index in [1.165, 1.54) is 6.33 Å². The molecule has 0 spiro atoms. The number of carbonyl (C=O) groups excluding carboxylic acids is 1. The minimum absolute atomic E-state index is 0.0111. The second-order valence-corrected chi connectivity index (χ2v) is 11.8. The SMILES string of the molecule is Nc1ncnc2c1ncn2[C@@H]1C=C[C@H](COP(N)(=O)OC(=O)[C@@H](Cc2c[nH]c3ccccc23)NOCc2ccccc2)C1. The van der Waals surface area contributed by atoms with Gasteiger partial charge in [-0.15, -0.1) is 0 Å². The molecule has 0 bridgehead atoms. The smallest absolute Gasteiger partial charge is 0.382 e. The molecule has 222 valence electrons. The van der Waals surface area contributed by atoms with E-state index in [0.29, 0.717) is 23.4 Å². The van der Waals surface area contributed by atoms with E-state index in [2.05, 4.69) is 25.4 Å². The largest absolute Gasteiger partial charge is 0.458 e. The summed E-state index contributed by atoms with van der Waals surface area (Å²) in [6, 6.07) is 16.1. The van der Waals surface area contributed by atoms with Gasteiger partial charge >= 0.3 is 13.7 Å². The van der Waals surface area contributed by atoms with Crippen LogP contribution in [-0.4, -0.2) is 43.1 Å². The summed E-state index contributed by atoms with van der Waals surface area (Å²) in [4.78, 5) is 34.7. The maximum absolute atomic E-state index is 13.3. The summed E-state index contributed by atoms with van der Waals surface area (Å²) in [5, 5.41) is 0.944. The monoisotopic (exact) mass is 602 g/mol. The lowest BCUT2D eigenvalue weighted by molar-refractivity contribution is -0.142. The van der Waals surface area contributed by atoms with Crippen LogP contribution in [0.2, 0.25) is 0 Å². The van der Waals surface area contributed by atoms with E-state index in [0.717, 1.165) is 22.0 Å². The van der Waals surface area contributed by atoms with E-state index in [9.17, 15) is 9.36 Å². The Morgan fingerprint density at radius 3 is 2.79 bits per heavy atom. The molecule has 6 N–H and O–H groups in total. The highest BCUT2D eigenvalue weighted by Gasteiger charge is 2.32. The minimum atomic E-state index is -4.25. The van der Waals surface area contributed by atoms with Crippen LogP contribution in [0, 0.1) is 5.92 Å².